The predicted octanol–water partition coefficient (Wildman–Crippen LogP) is 5.14. The number of hydrogen-bond donors (Lipinski definition) is 6. The minimum absolute atomic E-state index is 0.0000775. The van der Waals surface area contributed by atoms with Crippen LogP contribution in [0, 0.1) is 11.6 Å². The molecule has 1 aliphatic rings. The first kappa shape index (κ1) is 51.4. The quantitative estimate of drug-likeness (QED) is 0.0777. The molecule has 6 aromatic rings. The number of amides is 5. The maximum atomic E-state index is 13.1. The van der Waals surface area contributed by atoms with E-state index in [9.17, 15) is 32.8 Å². The van der Waals surface area contributed by atoms with Crippen LogP contribution in [0.1, 0.15) is 66.0 Å². The molecule has 1 saturated heterocycles. The molecule has 360 valence electrons. The second-order valence-electron chi connectivity index (χ2n) is 15.3. The average Bonchev–Trinajstić information content (AvgIpc) is 3.33. The van der Waals surface area contributed by atoms with Crippen LogP contribution in [-0.2, 0) is 9.59 Å². The molecule has 0 aliphatic carbocycles. The molecular weight excluding hydrogens is 895 g/mol. The summed E-state index contributed by atoms with van der Waals surface area (Å²) >= 11 is 0. The van der Waals surface area contributed by atoms with Crippen LogP contribution in [0.15, 0.2) is 103 Å². The first-order valence-electron chi connectivity index (χ1n) is 21.5. The number of ether oxygens (including phenoxy) is 2. The van der Waals surface area contributed by atoms with Gasteiger partial charge in [-0.1, -0.05) is 13.8 Å². The molecule has 0 saturated carbocycles. The Balaban J connectivity index is 0.000000250. The molecule has 0 radical (unpaired) electrons. The molecule has 4 aromatic carbocycles. The van der Waals surface area contributed by atoms with Crippen LogP contribution in [-0.4, -0.2) is 92.1 Å². The molecule has 69 heavy (non-hydrogen) atoms. The number of halogens is 2. The predicted molar refractivity (Wildman–Crippen MR) is 254 cm³/mol. The third-order valence-corrected chi connectivity index (χ3v) is 10.2. The Morgan fingerprint density at radius 2 is 1.13 bits per heavy atom. The molecule has 0 bridgehead atoms. The van der Waals surface area contributed by atoms with Gasteiger partial charge >= 0.3 is 0 Å². The van der Waals surface area contributed by atoms with Gasteiger partial charge in [0, 0.05) is 48.9 Å². The number of nitrogens with two attached hydrogens (primary N) is 5. The van der Waals surface area contributed by atoms with Crippen LogP contribution >= 0.6 is 0 Å². The van der Waals surface area contributed by atoms with E-state index in [0.717, 1.165) is 0 Å². The van der Waals surface area contributed by atoms with Crippen molar-refractivity contribution in [2.24, 2.45) is 28.7 Å². The van der Waals surface area contributed by atoms with Gasteiger partial charge in [-0.15, -0.1) is 0 Å². The van der Waals surface area contributed by atoms with Gasteiger partial charge in [-0.25, -0.2) is 28.7 Å². The number of carbonyl (C=O) groups is 5. The topological polar surface area (TPSA) is 304 Å². The lowest BCUT2D eigenvalue weighted by Gasteiger charge is -2.42. The Hall–Kier alpha value is -8.59. The van der Waals surface area contributed by atoms with Gasteiger partial charge in [-0.2, -0.15) is 0 Å². The maximum Gasteiger partial charge on any atom is 0.267 e. The van der Waals surface area contributed by atoms with E-state index in [1.807, 2.05) is 13.8 Å². The highest BCUT2D eigenvalue weighted by atomic mass is 19.1. The van der Waals surface area contributed by atoms with Crippen LogP contribution in [0.5, 0.6) is 23.0 Å². The first-order valence-corrected chi connectivity index (χ1v) is 21.5. The monoisotopic (exact) mass is 946 g/mol. The van der Waals surface area contributed by atoms with Gasteiger partial charge in [0.25, 0.3) is 17.7 Å². The van der Waals surface area contributed by atoms with E-state index in [1.165, 1.54) is 85.8 Å². The number of nitrogens with one attached hydrogen (secondary N) is 1. The first-order chi connectivity index (χ1) is 32.8. The van der Waals surface area contributed by atoms with Gasteiger partial charge in [0.15, 0.2) is 11.6 Å². The molecule has 11 N–H and O–H groups in total. The van der Waals surface area contributed by atoms with Crippen molar-refractivity contribution in [3.8, 4) is 45.8 Å². The number of anilines is 2. The summed E-state index contributed by atoms with van der Waals surface area (Å²) < 4.78 is 37.6. The zero-order chi connectivity index (χ0) is 50.5. The van der Waals surface area contributed by atoms with Crippen molar-refractivity contribution in [1.29, 1.82) is 0 Å². The lowest BCUT2D eigenvalue weighted by Crippen LogP contribution is -2.60. The van der Waals surface area contributed by atoms with Crippen molar-refractivity contribution in [2.75, 3.05) is 29.9 Å². The average molecular weight is 947 g/mol. The summed E-state index contributed by atoms with van der Waals surface area (Å²) in [6.07, 6.45) is 0. The number of piperazine rings is 1. The molecule has 1 fully saturated rings. The normalized spacial score (nSPS) is 13.7. The Morgan fingerprint density at radius 3 is 1.64 bits per heavy atom. The van der Waals surface area contributed by atoms with Crippen molar-refractivity contribution < 1.29 is 42.2 Å². The summed E-state index contributed by atoms with van der Waals surface area (Å²) in [6.45, 7) is 11.3. The van der Waals surface area contributed by atoms with Crippen molar-refractivity contribution in [2.45, 2.75) is 52.7 Å². The molecule has 0 spiro atoms. The molecule has 3 heterocycles. The van der Waals surface area contributed by atoms with E-state index in [2.05, 4.69) is 44.0 Å². The molecule has 2 atom stereocenters. The number of aromatic nitrogens is 4. The number of rotatable bonds is 15. The smallest absolute Gasteiger partial charge is 0.267 e. The number of primary amides is 5. The Labute approximate surface area is 396 Å². The summed E-state index contributed by atoms with van der Waals surface area (Å²) in [5.41, 5.74) is 28.2. The van der Waals surface area contributed by atoms with Crippen molar-refractivity contribution in [3.63, 3.8) is 0 Å². The molecule has 2 aromatic heterocycles. The van der Waals surface area contributed by atoms with Gasteiger partial charge in [0.1, 0.15) is 69.7 Å². The van der Waals surface area contributed by atoms with Crippen LogP contribution in [0.25, 0.3) is 22.8 Å². The van der Waals surface area contributed by atoms with Crippen LogP contribution in [0.3, 0.4) is 0 Å². The summed E-state index contributed by atoms with van der Waals surface area (Å²) in [7, 11) is 0. The zero-order valence-electron chi connectivity index (χ0n) is 38.4. The molecule has 5 amide bonds. The molecule has 7 rings (SSSR count). The fourth-order valence-electron chi connectivity index (χ4n) is 6.59. The number of benzene rings is 4. The highest BCUT2D eigenvalue weighted by Crippen LogP contribution is 2.31. The molecule has 1 aliphatic heterocycles. The molecule has 19 nitrogen and oxygen atoms in total. The van der Waals surface area contributed by atoms with Gasteiger partial charge < -0.3 is 48.4 Å². The van der Waals surface area contributed by atoms with Crippen LogP contribution < -0.4 is 48.4 Å². The van der Waals surface area contributed by atoms with Crippen molar-refractivity contribution in [1.82, 2.24) is 24.8 Å². The summed E-state index contributed by atoms with van der Waals surface area (Å²) in [6, 6.07) is 23.8. The fraction of sp³-hybridized carbons (Fsp3) is 0.229. The summed E-state index contributed by atoms with van der Waals surface area (Å²) in [5.74, 6) is -1.93. The van der Waals surface area contributed by atoms with E-state index in [1.54, 1.807) is 29.2 Å². The van der Waals surface area contributed by atoms with E-state index in [4.69, 9.17) is 38.1 Å². The van der Waals surface area contributed by atoms with Gasteiger partial charge in [-0.3, -0.25) is 28.9 Å². The van der Waals surface area contributed by atoms with E-state index in [-0.39, 0.29) is 52.0 Å². The van der Waals surface area contributed by atoms with Gasteiger partial charge in [-0.05, 0) is 112 Å². The summed E-state index contributed by atoms with van der Waals surface area (Å²) in [4.78, 5) is 80.6. The Kier molecular flexibility index (Phi) is 17.3. The second-order valence-corrected chi connectivity index (χ2v) is 15.3. The third-order valence-electron chi connectivity index (χ3n) is 10.2. The number of nitrogens with zero attached hydrogens (tertiary/aromatic N) is 6. The largest absolute Gasteiger partial charge is 0.457 e. The van der Waals surface area contributed by atoms with Gasteiger partial charge in [0.05, 0.1) is 5.56 Å². The van der Waals surface area contributed by atoms with Crippen molar-refractivity contribution in [3.05, 3.63) is 132 Å². The standard InChI is InChI=1S/C25H27FN6O3.C21H19FN6O4.C2H6/c1-15(2)31-11-12-32(21(14-31)24(28)34)22-13-20(23(27)33)29-25(30-22)16-3-7-18(8-4-16)35-19-9-5-17(26)6-10-19;1-10(18(23)29)26-17-9-15(20(25)31)27-21(28-17)11-2-7-16(14(8-11)19(24)30)32-13-5-3-12(22)4-6-13;1-2/h3-10,13,15,21H,11-12,14H2,1-2H3,(H2,27,33)(H2,28,34);2-10H,1H3,(H2,23,29)(H2,24,30)(H2,25,31)(H,26,27,28);1-2H3/t;10-;/m.0./s1. The van der Waals surface area contributed by atoms with Crippen LogP contribution in [0.4, 0.5) is 20.4 Å². The number of carbonyl (C=O) groups excluding carboxylic acids is 5. The Bertz CT molecular complexity index is 2800. The van der Waals surface area contributed by atoms with E-state index in [0.29, 0.717) is 53.8 Å². The second kappa shape index (κ2) is 23.2. The highest BCUT2D eigenvalue weighted by molar-refractivity contribution is 5.97. The molecular formula is C48H52F2N12O7. The van der Waals surface area contributed by atoms with Gasteiger partial charge in [0.2, 0.25) is 11.8 Å². The lowest BCUT2D eigenvalue weighted by molar-refractivity contribution is -0.120. The van der Waals surface area contributed by atoms with E-state index >= 15 is 0 Å². The van der Waals surface area contributed by atoms with Crippen LogP contribution in [0.2, 0.25) is 0 Å². The zero-order valence-corrected chi connectivity index (χ0v) is 38.4. The third kappa shape index (κ3) is 13.7. The molecule has 21 heteroatoms. The SMILES string of the molecule is CC.CC(C)N1CCN(c2cc(C(N)=O)nc(-c3ccc(Oc4ccc(F)cc4)cc3)n2)C(C(N)=O)C1.C[C@H](Nc1cc(C(N)=O)nc(-c2ccc(Oc3ccc(F)cc3)c(C(N)=O)c2)n1)C(N)=O. The summed E-state index contributed by atoms with van der Waals surface area (Å²) in [5, 5.41) is 2.75. The van der Waals surface area contributed by atoms with E-state index < -0.39 is 47.4 Å². The fourth-order valence-corrected chi connectivity index (χ4v) is 6.59. The Morgan fingerprint density at radius 1 is 0.623 bits per heavy atom. The van der Waals surface area contributed by atoms with Crippen molar-refractivity contribution >= 4 is 41.2 Å². The number of hydrogen-bond acceptors (Lipinski definition) is 14. The highest BCUT2D eigenvalue weighted by Gasteiger charge is 2.33. The maximum absolute atomic E-state index is 13.1. The minimum Gasteiger partial charge on any atom is -0.457 e. The minimum atomic E-state index is -0.824. The molecule has 1 unspecified atom stereocenters. The lowest BCUT2D eigenvalue weighted by atomic mass is 10.1.